The highest BCUT2D eigenvalue weighted by Gasteiger charge is 2.24. The van der Waals surface area contributed by atoms with E-state index in [4.69, 9.17) is 23.2 Å². The van der Waals surface area contributed by atoms with Crippen molar-refractivity contribution in [2.45, 2.75) is 31.5 Å². The molecule has 8 nitrogen and oxygen atoms in total. The number of hydrogen-bond donors (Lipinski definition) is 2. The number of amides is 2. The molecule has 170 valence electrons. The number of thiazole rings is 1. The lowest BCUT2D eigenvalue weighted by Gasteiger charge is -2.20. The number of aromatic nitrogens is 4. The van der Waals surface area contributed by atoms with Gasteiger partial charge in [0.15, 0.2) is 16.1 Å². The molecule has 0 saturated heterocycles. The molecule has 2 aromatic heterocycles. The Morgan fingerprint density at radius 1 is 1.25 bits per heavy atom. The zero-order valence-electron chi connectivity index (χ0n) is 17.6. The summed E-state index contributed by atoms with van der Waals surface area (Å²) in [7, 11) is 1.81. The van der Waals surface area contributed by atoms with Crippen molar-refractivity contribution in [2.75, 3.05) is 11.1 Å². The van der Waals surface area contributed by atoms with Crippen molar-refractivity contribution in [3.8, 4) is 0 Å². The van der Waals surface area contributed by atoms with Gasteiger partial charge in [0.1, 0.15) is 0 Å². The lowest BCUT2D eigenvalue weighted by atomic mass is 10.0. The maximum atomic E-state index is 12.9. The van der Waals surface area contributed by atoms with E-state index in [1.54, 1.807) is 28.3 Å². The lowest BCUT2D eigenvalue weighted by molar-refractivity contribution is -0.113. The van der Waals surface area contributed by atoms with Gasteiger partial charge in [0.25, 0.3) is 5.91 Å². The van der Waals surface area contributed by atoms with Crippen molar-refractivity contribution in [1.82, 2.24) is 25.1 Å². The fourth-order valence-corrected chi connectivity index (χ4v) is 4.69. The summed E-state index contributed by atoms with van der Waals surface area (Å²) >= 11 is 14.7. The average Bonchev–Trinajstić information content (AvgIpc) is 3.35. The van der Waals surface area contributed by atoms with Crippen LogP contribution < -0.4 is 10.6 Å². The molecule has 0 aliphatic carbocycles. The molecule has 0 bridgehead atoms. The van der Waals surface area contributed by atoms with Crippen LogP contribution >= 0.6 is 46.3 Å². The zero-order valence-corrected chi connectivity index (χ0v) is 20.8. The van der Waals surface area contributed by atoms with Crippen LogP contribution in [0.4, 0.5) is 5.13 Å². The summed E-state index contributed by atoms with van der Waals surface area (Å²) in [5.74, 6) is 0.543. The van der Waals surface area contributed by atoms with Crippen molar-refractivity contribution < 1.29 is 9.59 Å². The minimum absolute atomic E-state index is 0.160. The van der Waals surface area contributed by atoms with Gasteiger partial charge in [0.2, 0.25) is 5.91 Å². The SMILES string of the molecule is CC(C)C[C@@H](NC(=O)c1ccc(Cl)cc1Cl)c1nnc(SCC(=O)Nc2nccs2)n1C. The Hall–Kier alpha value is -2.14. The minimum Gasteiger partial charge on any atom is -0.342 e. The third-order valence-electron chi connectivity index (χ3n) is 4.38. The third-order valence-corrected chi connectivity index (χ3v) is 6.64. The monoisotopic (exact) mass is 512 g/mol. The third kappa shape index (κ3) is 6.44. The summed E-state index contributed by atoms with van der Waals surface area (Å²) in [5.41, 5.74) is 0.334. The summed E-state index contributed by atoms with van der Waals surface area (Å²) < 4.78 is 1.79. The van der Waals surface area contributed by atoms with E-state index in [9.17, 15) is 9.59 Å². The summed E-state index contributed by atoms with van der Waals surface area (Å²) in [6.45, 7) is 4.12. The van der Waals surface area contributed by atoms with Crippen LogP contribution in [0, 0.1) is 5.92 Å². The van der Waals surface area contributed by atoms with Gasteiger partial charge in [-0.2, -0.15) is 0 Å². The van der Waals surface area contributed by atoms with Gasteiger partial charge in [0, 0.05) is 23.6 Å². The first-order valence-electron chi connectivity index (χ1n) is 9.72. The normalized spacial score (nSPS) is 12.1. The molecule has 1 atom stereocenters. The molecular formula is C20H22Cl2N6O2S2. The maximum Gasteiger partial charge on any atom is 0.253 e. The molecule has 0 saturated carbocycles. The van der Waals surface area contributed by atoms with E-state index in [1.165, 1.54) is 29.2 Å². The number of hydrogen-bond acceptors (Lipinski definition) is 7. The largest absolute Gasteiger partial charge is 0.342 e. The Morgan fingerprint density at radius 3 is 2.69 bits per heavy atom. The van der Waals surface area contributed by atoms with Gasteiger partial charge in [-0.15, -0.1) is 21.5 Å². The van der Waals surface area contributed by atoms with Crippen LogP contribution in [0.2, 0.25) is 10.0 Å². The van der Waals surface area contributed by atoms with E-state index in [0.29, 0.717) is 33.1 Å². The van der Waals surface area contributed by atoms with E-state index in [1.807, 2.05) is 7.05 Å². The molecule has 2 N–H and O–H groups in total. The van der Waals surface area contributed by atoms with Crippen molar-refractivity contribution in [3.05, 3.63) is 51.2 Å². The number of halogens is 2. The fraction of sp³-hybridized carbons (Fsp3) is 0.350. The van der Waals surface area contributed by atoms with Crippen LogP contribution in [0.5, 0.6) is 0 Å². The topological polar surface area (TPSA) is 102 Å². The number of benzene rings is 1. The molecule has 0 unspecified atom stereocenters. The van der Waals surface area contributed by atoms with Gasteiger partial charge < -0.3 is 15.2 Å². The summed E-state index contributed by atoms with van der Waals surface area (Å²) in [6, 6.07) is 4.35. The Bertz CT molecular complexity index is 1090. The Labute approximate surface area is 204 Å². The molecule has 2 amide bonds. The molecule has 0 spiro atoms. The molecule has 0 aliphatic rings. The number of nitrogens with one attached hydrogen (secondary N) is 2. The van der Waals surface area contributed by atoms with Crippen molar-refractivity contribution in [3.63, 3.8) is 0 Å². The molecule has 3 rings (SSSR count). The quantitative estimate of drug-likeness (QED) is 0.398. The lowest BCUT2D eigenvalue weighted by Crippen LogP contribution is -2.31. The standard InChI is InChI=1S/C20H22Cl2N6O2S2/c1-11(2)8-15(24-18(30)13-5-4-12(21)9-14(13)22)17-26-27-20(28(17)3)32-10-16(29)25-19-23-6-7-31-19/h4-7,9,11,15H,8,10H2,1-3H3,(H,24,30)(H,23,25,29)/t15-/m1/s1. The van der Waals surface area contributed by atoms with E-state index in [2.05, 4.69) is 39.7 Å². The van der Waals surface area contributed by atoms with Crippen LogP contribution in [0.1, 0.15) is 42.5 Å². The highest BCUT2D eigenvalue weighted by atomic mass is 35.5. The predicted octanol–water partition coefficient (Wildman–Crippen LogP) is 4.83. The van der Waals surface area contributed by atoms with E-state index in [-0.39, 0.29) is 34.5 Å². The summed E-state index contributed by atoms with van der Waals surface area (Å²) in [6.07, 6.45) is 2.28. The van der Waals surface area contributed by atoms with Crippen LogP contribution in [-0.2, 0) is 11.8 Å². The van der Waals surface area contributed by atoms with Gasteiger partial charge >= 0.3 is 0 Å². The Morgan fingerprint density at radius 2 is 2.03 bits per heavy atom. The number of carbonyl (C=O) groups excluding carboxylic acids is 2. The van der Waals surface area contributed by atoms with Crippen LogP contribution in [0.15, 0.2) is 34.9 Å². The van der Waals surface area contributed by atoms with Gasteiger partial charge in [-0.25, -0.2) is 4.98 Å². The van der Waals surface area contributed by atoms with Crippen LogP contribution in [0.25, 0.3) is 0 Å². The smallest absolute Gasteiger partial charge is 0.253 e. The summed E-state index contributed by atoms with van der Waals surface area (Å²) in [4.78, 5) is 29.0. The predicted molar refractivity (Wildman–Crippen MR) is 129 cm³/mol. The van der Waals surface area contributed by atoms with E-state index in [0.717, 1.165) is 0 Å². The molecule has 1 aromatic carbocycles. The molecule has 12 heteroatoms. The molecular weight excluding hydrogens is 491 g/mol. The highest BCUT2D eigenvalue weighted by molar-refractivity contribution is 7.99. The number of carbonyl (C=O) groups is 2. The van der Waals surface area contributed by atoms with Crippen molar-refractivity contribution in [1.29, 1.82) is 0 Å². The van der Waals surface area contributed by atoms with Gasteiger partial charge in [-0.3, -0.25) is 9.59 Å². The van der Waals surface area contributed by atoms with Crippen LogP contribution in [0.3, 0.4) is 0 Å². The number of anilines is 1. The second-order valence-corrected chi connectivity index (χ2v) is 10.0. The molecule has 0 fully saturated rings. The average molecular weight is 513 g/mol. The Balaban J connectivity index is 1.71. The first-order chi connectivity index (χ1) is 15.2. The van der Waals surface area contributed by atoms with Crippen molar-refractivity contribution in [2.24, 2.45) is 13.0 Å². The van der Waals surface area contributed by atoms with E-state index < -0.39 is 0 Å². The van der Waals surface area contributed by atoms with Gasteiger partial charge in [-0.1, -0.05) is 48.8 Å². The fourth-order valence-electron chi connectivity index (χ4n) is 2.94. The number of rotatable bonds is 9. The summed E-state index contributed by atoms with van der Waals surface area (Å²) in [5, 5.41) is 17.9. The number of thioether (sulfide) groups is 1. The molecule has 32 heavy (non-hydrogen) atoms. The van der Waals surface area contributed by atoms with Gasteiger partial charge in [0.05, 0.1) is 22.4 Å². The molecule has 2 heterocycles. The molecule has 0 aliphatic heterocycles. The Kier molecular flexibility index (Phi) is 8.52. The zero-order chi connectivity index (χ0) is 23.3. The maximum absolute atomic E-state index is 12.9. The first kappa shape index (κ1) is 24.5. The van der Waals surface area contributed by atoms with Gasteiger partial charge in [-0.05, 0) is 30.5 Å². The number of nitrogens with zero attached hydrogens (tertiary/aromatic N) is 4. The minimum atomic E-state index is -0.384. The second-order valence-electron chi connectivity index (χ2n) is 7.35. The van der Waals surface area contributed by atoms with E-state index >= 15 is 0 Å². The first-order valence-corrected chi connectivity index (χ1v) is 12.3. The van der Waals surface area contributed by atoms with Crippen LogP contribution in [-0.4, -0.2) is 37.3 Å². The molecule has 0 radical (unpaired) electrons. The molecule has 3 aromatic rings. The second kappa shape index (κ2) is 11.1. The van der Waals surface area contributed by atoms with Crippen molar-refractivity contribution >= 4 is 63.2 Å². The highest BCUT2D eigenvalue weighted by Crippen LogP contribution is 2.26.